The molecule has 1 atom stereocenters. The van der Waals surface area contributed by atoms with Gasteiger partial charge < -0.3 is 5.32 Å². The van der Waals surface area contributed by atoms with Gasteiger partial charge in [-0.05, 0) is 92.6 Å². The van der Waals surface area contributed by atoms with E-state index in [1.807, 2.05) is 13.8 Å². The Morgan fingerprint density at radius 3 is 2.22 bits per heavy atom. The summed E-state index contributed by atoms with van der Waals surface area (Å²) in [7, 11) is -3.68. The lowest BCUT2D eigenvalue weighted by molar-refractivity contribution is 0.0940. The number of benzene rings is 3. The molecule has 32 heavy (non-hydrogen) atoms. The first-order chi connectivity index (χ1) is 15.3. The van der Waals surface area contributed by atoms with Crippen LogP contribution in [0.25, 0.3) is 0 Å². The molecule has 0 aromatic heterocycles. The number of rotatable bonds is 6. The molecular formula is C26H28N2O3S. The third-order valence-corrected chi connectivity index (χ3v) is 7.35. The van der Waals surface area contributed by atoms with Gasteiger partial charge in [-0.3, -0.25) is 9.52 Å². The number of hydrogen-bond donors (Lipinski definition) is 2. The quantitative estimate of drug-likeness (QED) is 0.547. The second-order valence-corrected chi connectivity index (χ2v) is 10.1. The summed E-state index contributed by atoms with van der Waals surface area (Å²) in [6.07, 6.45) is 4.70. The smallest absolute Gasteiger partial charge is 0.261 e. The zero-order chi connectivity index (χ0) is 22.7. The predicted molar refractivity (Wildman–Crippen MR) is 127 cm³/mol. The molecule has 0 bridgehead atoms. The highest BCUT2D eigenvalue weighted by molar-refractivity contribution is 7.92. The normalized spacial score (nSPS) is 14.3. The molecule has 6 heteroatoms. The maximum absolute atomic E-state index is 12.7. The molecule has 0 saturated carbocycles. The lowest BCUT2D eigenvalue weighted by atomic mass is 9.89. The molecule has 0 aliphatic heterocycles. The summed E-state index contributed by atoms with van der Waals surface area (Å²) in [5.74, 6) is -0.192. The SMILES string of the molecule is Cc1ccc(S(=O)(=O)Nc2ccc(C(=O)N[C@H](C)c3ccc4c(c3)CCCC4)cc2)cc1. The Labute approximate surface area is 189 Å². The maximum atomic E-state index is 12.7. The monoisotopic (exact) mass is 448 g/mol. The average molecular weight is 449 g/mol. The third-order valence-electron chi connectivity index (χ3n) is 5.95. The van der Waals surface area contributed by atoms with Gasteiger partial charge in [-0.2, -0.15) is 0 Å². The van der Waals surface area contributed by atoms with Gasteiger partial charge in [-0.1, -0.05) is 35.9 Å². The zero-order valence-electron chi connectivity index (χ0n) is 18.4. The summed E-state index contributed by atoms with van der Waals surface area (Å²) in [6, 6.07) is 19.5. The Balaban J connectivity index is 1.41. The Morgan fingerprint density at radius 1 is 0.875 bits per heavy atom. The van der Waals surface area contributed by atoms with Crippen molar-refractivity contribution in [1.82, 2.24) is 5.32 Å². The van der Waals surface area contributed by atoms with Crippen molar-refractivity contribution in [3.8, 4) is 0 Å². The molecule has 0 spiro atoms. The van der Waals surface area contributed by atoms with Crippen LogP contribution in [0.2, 0.25) is 0 Å². The number of carbonyl (C=O) groups excluding carboxylic acids is 1. The summed E-state index contributed by atoms with van der Waals surface area (Å²) in [5, 5.41) is 3.04. The third kappa shape index (κ3) is 5.02. The van der Waals surface area contributed by atoms with Crippen LogP contribution in [-0.2, 0) is 22.9 Å². The van der Waals surface area contributed by atoms with Crippen molar-refractivity contribution in [2.75, 3.05) is 4.72 Å². The highest BCUT2D eigenvalue weighted by Crippen LogP contribution is 2.25. The van der Waals surface area contributed by atoms with E-state index in [1.165, 1.54) is 24.0 Å². The Morgan fingerprint density at radius 2 is 1.53 bits per heavy atom. The summed E-state index contributed by atoms with van der Waals surface area (Å²) >= 11 is 0. The van der Waals surface area contributed by atoms with Crippen molar-refractivity contribution in [1.29, 1.82) is 0 Å². The molecule has 4 rings (SSSR count). The lowest BCUT2D eigenvalue weighted by Crippen LogP contribution is -2.26. The number of sulfonamides is 1. The summed E-state index contributed by atoms with van der Waals surface area (Å²) in [5.41, 5.74) is 5.78. The topological polar surface area (TPSA) is 75.3 Å². The van der Waals surface area contributed by atoms with E-state index in [1.54, 1.807) is 48.5 Å². The number of carbonyl (C=O) groups is 1. The van der Waals surface area contributed by atoms with E-state index in [9.17, 15) is 13.2 Å². The average Bonchev–Trinajstić information content (AvgIpc) is 2.79. The molecular weight excluding hydrogens is 420 g/mol. The number of anilines is 1. The maximum Gasteiger partial charge on any atom is 0.261 e. The van der Waals surface area contributed by atoms with Gasteiger partial charge in [0, 0.05) is 11.3 Å². The highest BCUT2D eigenvalue weighted by atomic mass is 32.2. The summed E-state index contributed by atoms with van der Waals surface area (Å²) in [4.78, 5) is 12.9. The van der Waals surface area contributed by atoms with E-state index in [2.05, 4.69) is 28.2 Å². The molecule has 5 nitrogen and oxygen atoms in total. The van der Waals surface area contributed by atoms with Crippen LogP contribution in [0.5, 0.6) is 0 Å². The summed E-state index contributed by atoms with van der Waals surface area (Å²) < 4.78 is 27.6. The fourth-order valence-corrected chi connectivity index (χ4v) is 5.07. The molecule has 166 valence electrons. The van der Waals surface area contributed by atoms with Crippen LogP contribution >= 0.6 is 0 Å². The predicted octanol–water partition coefficient (Wildman–Crippen LogP) is 5.17. The van der Waals surface area contributed by atoms with Crippen LogP contribution in [0.3, 0.4) is 0 Å². The van der Waals surface area contributed by atoms with Crippen LogP contribution in [0.1, 0.15) is 58.4 Å². The van der Waals surface area contributed by atoms with Gasteiger partial charge in [0.1, 0.15) is 0 Å². The van der Waals surface area contributed by atoms with Gasteiger partial charge in [-0.25, -0.2) is 8.42 Å². The van der Waals surface area contributed by atoms with E-state index < -0.39 is 10.0 Å². The standard InChI is InChI=1S/C26H28N2O3S/c1-18-7-15-25(16-8-18)32(30,31)28-24-13-11-21(12-14-24)26(29)27-19(2)22-10-9-20-5-3-4-6-23(20)17-22/h7-17,19,28H,3-6H2,1-2H3,(H,27,29)/t19-/m1/s1. The molecule has 0 heterocycles. The number of aryl methyl sites for hydroxylation is 3. The summed E-state index contributed by atoms with van der Waals surface area (Å²) in [6.45, 7) is 3.88. The van der Waals surface area contributed by atoms with Gasteiger partial charge in [0.25, 0.3) is 15.9 Å². The van der Waals surface area contributed by atoms with Crippen molar-refractivity contribution in [3.63, 3.8) is 0 Å². The van der Waals surface area contributed by atoms with Crippen molar-refractivity contribution < 1.29 is 13.2 Å². The molecule has 1 aliphatic carbocycles. The van der Waals surface area contributed by atoms with Crippen LogP contribution in [0, 0.1) is 6.92 Å². The van der Waals surface area contributed by atoms with Crippen molar-refractivity contribution >= 4 is 21.6 Å². The van der Waals surface area contributed by atoms with E-state index in [-0.39, 0.29) is 16.8 Å². The van der Waals surface area contributed by atoms with Crippen molar-refractivity contribution in [2.24, 2.45) is 0 Å². The van der Waals surface area contributed by atoms with E-state index in [0.29, 0.717) is 11.3 Å². The van der Waals surface area contributed by atoms with Gasteiger partial charge in [0.05, 0.1) is 10.9 Å². The number of fused-ring (bicyclic) bond motifs is 1. The molecule has 2 N–H and O–H groups in total. The van der Waals surface area contributed by atoms with Crippen LogP contribution < -0.4 is 10.0 Å². The van der Waals surface area contributed by atoms with Crippen molar-refractivity contribution in [2.45, 2.75) is 50.5 Å². The Kier molecular flexibility index (Phi) is 6.33. The van der Waals surface area contributed by atoms with Gasteiger partial charge in [0.15, 0.2) is 0 Å². The number of nitrogens with one attached hydrogen (secondary N) is 2. The van der Waals surface area contributed by atoms with Crippen LogP contribution in [0.4, 0.5) is 5.69 Å². The Hall–Kier alpha value is -3.12. The minimum Gasteiger partial charge on any atom is -0.346 e. The zero-order valence-corrected chi connectivity index (χ0v) is 19.2. The fourth-order valence-electron chi connectivity index (χ4n) is 4.01. The first-order valence-electron chi connectivity index (χ1n) is 10.9. The van der Waals surface area contributed by atoms with E-state index >= 15 is 0 Å². The van der Waals surface area contributed by atoms with Gasteiger partial charge in [-0.15, -0.1) is 0 Å². The molecule has 1 aliphatic rings. The van der Waals surface area contributed by atoms with Crippen LogP contribution in [-0.4, -0.2) is 14.3 Å². The first kappa shape index (κ1) is 22.1. The fraction of sp³-hybridized carbons (Fsp3) is 0.269. The molecule has 0 radical (unpaired) electrons. The number of amides is 1. The molecule has 0 unspecified atom stereocenters. The second-order valence-electron chi connectivity index (χ2n) is 8.43. The van der Waals surface area contributed by atoms with Gasteiger partial charge >= 0.3 is 0 Å². The minimum atomic E-state index is -3.68. The molecule has 0 saturated heterocycles. The van der Waals surface area contributed by atoms with Gasteiger partial charge in [0.2, 0.25) is 0 Å². The van der Waals surface area contributed by atoms with E-state index in [0.717, 1.165) is 24.0 Å². The van der Waals surface area contributed by atoms with E-state index in [4.69, 9.17) is 0 Å². The van der Waals surface area contributed by atoms with Crippen molar-refractivity contribution in [3.05, 3.63) is 94.5 Å². The molecule has 3 aromatic rings. The largest absolute Gasteiger partial charge is 0.346 e. The molecule has 1 amide bonds. The molecule has 0 fully saturated rings. The second kappa shape index (κ2) is 9.17. The Bertz CT molecular complexity index is 1220. The number of hydrogen-bond acceptors (Lipinski definition) is 3. The lowest BCUT2D eigenvalue weighted by Gasteiger charge is -2.20. The highest BCUT2D eigenvalue weighted by Gasteiger charge is 2.16. The first-order valence-corrected chi connectivity index (χ1v) is 12.4. The molecule has 3 aromatic carbocycles. The van der Waals surface area contributed by atoms with Crippen LogP contribution in [0.15, 0.2) is 71.6 Å². The minimum absolute atomic E-state index is 0.116.